The Morgan fingerprint density at radius 3 is 2.41 bits per heavy atom. The number of benzene rings is 2. The summed E-state index contributed by atoms with van der Waals surface area (Å²) >= 11 is 0. The summed E-state index contributed by atoms with van der Waals surface area (Å²) in [5, 5.41) is 2.82. The second-order valence-corrected chi connectivity index (χ2v) is 6.54. The monoisotopic (exact) mass is 365 g/mol. The molecule has 2 aromatic carbocycles. The Kier molecular flexibility index (Phi) is 5.50. The molecule has 0 saturated heterocycles. The highest BCUT2D eigenvalue weighted by Crippen LogP contribution is 2.26. The van der Waals surface area contributed by atoms with Crippen LogP contribution in [0.3, 0.4) is 0 Å². The van der Waals surface area contributed by atoms with Gasteiger partial charge in [-0.25, -0.2) is 0 Å². The van der Waals surface area contributed by atoms with Crippen LogP contribution >= 0.6 is 0 Å². The lowest BCUT2D eigenvalue weighted by Gasteiger charge is -2.10. The third-order valence-corrected chi connectivity index (χ3v) is 4.06. The average molecular weight is 365 g/mol. The van der Waals surface area contributed by atoms with Crippen molar-refractivity contribution in [2.24, 2.45) is 0 Å². The third-order valence-electron chi connectivity index (χ3n) is 4.06. The van der Waals surface area contributed by atoms with E-state index in [0.717, 1.165) is 22.4 Å². The van der Waals surface area contributed by atoms with Crippen LogP contribution in [-0.4, -0.2) is 13.0 Å². The Hall–Kier alpha value is -3.21. The summed E-state index contributed by atoms with van der Waals surface area (Å²) < 4.78 is 16.7. The molecule has 5 heteroatoms. The zero-order chi connectivity index (χ0) is 19.4. The van der Waals surface area contributed by atoms with Gasteiger partial charge in [0.15, 0.2) is 5.76 Å². The van der Waals surface area contributed by atoms with Crippen molar-refractivity contribution in [3.8, 4) is 11.5 Å². The Morgan fingerprint density at radius 2 is 1.70 bits per heavy atom. The minimum atomic E-state index is -0.337. The van der Waals surface area contributed by atoms with Gasteiger partial charge >= 0.3 is 0 Å². The van der Waals surface area contributed by atoms with Crippen LogP contribution in [0.2, 0.25) is 0 Å². The fourth-order valence-electron chi connectivity index (χ4n) is 2.85. The molecule has 1 heterocycles. The number of rotatable bonds is 6. The topological polar surface area (TPSA) is 60.7 Å². The second kappa shape index (κ2) is 7.99. The molecule has 0 spiro atoms. The minimum absolute atomic E-state index is 0.220. The molecule has 0 aliphatic carbocycles. The molecule has 5 nitrogen and oxygen atoms in total. The summed E-state index contributed by atoms with van der Waals surface area (Å²) in [6.07, 6.45) is 0. The molecule has 3 aromatic rings. The average Bonchev–Trinajstić information content (AvgIpc) is 3.08. The van der Waals surface area contributed by atoms with Crippen LogP contribution in [0.4, 0.5) is 5.69 Å². The Morgan fingerprint density at radius 1 is 0.963 bits per heavy atom. The van der Waals surface area contributed by atoms with Crippen LogP contribution in [0.5, 0.6) is 11.5 Å². The predicted octanol–water partition coefficient (Wildman–Crippen LogP) is 5.04. The van der Waals surface area contributed by atoms with Gasteiger partial charge in [-0.15, -0.1) is 0 Å². The molecular formula is C22H23NO4. The molecule has 3 rings (SSSR count). The number of hydrogen-bond donors (Lipinski definition) is 1. The van der Waals surface area contributed by atoms with Crippen molar-refractivity contribution >= 4 is 11.6 Å². The Balaban J connectivity index is 1.66. The fourth-order valence-corrected chi connectivity index (χ4v) is 2.85. The first-order valence-corrected chi connectivity index (χ1v) is 8.70. The summed E-state index contributed by atoms with van der Waals surface area (Å²) in [5.41, 5.74) is 3.90. The molecule has 0 radical (unpaired) electrons. The van der Waals surface area contributed by atoms with Crippen LogP contribution in [0.25, 0.3) is 0 Å². The molecule has 1 amide bonds. The number of nitrogens with one attached hydrogen (secondary N) is 1. The van der Waals surface area contributed by atoms with E-state index in [1.165, 1.54) is 0 Å². The van der Waals surface area contributed by atoms with Crippen molar-refractivity contribution < 1.29 is 18.7 Å². The van der Waals surface area contributed by atoms with Crippen LogP contribution in [0, 0.1) is 20.8 Å². The Bertz CT molecular complexity index is 938. The maximum absolute atomic E-state index is 12.5. The fraction of sp³-hybridized carbons (Fsp3) is 0.227. The van der Waals surface area contributed by atoms with E-state index in [4.69, 9.17) is 13.9 Å². The number of carbonyl (C=O) groups is 1. The summed E-state index contributed by atoms with van der Waals surface area (Å²) in [5.74, 6) is 1.84. The largest absolute Gasteiger partial charge is 0.495 e. The first kappa shape index (κ1) is 18.6. The van der Waals surface area contributed by atoms with Crippen molar-refractivity contribution in [2.75, 3.05) is 12.4 Å². The van der Waals surface area contributed by atoms with E-state index in [2.05, 4.69) is 11.4 Å². The molecule has 140 valence electrons. The first-order valence-electron chi connectivity index (χ1n) is 8.70. The molecule has 0 bridgehead atoms. The second-order valence-electron chi connectivity index (χ2n) is 6.54. The zero-order valence-corrected chi connectivity index (χ0v) is 16.0. The third kappa shape index (κ3) is 4.70. The number of ether oxygens (including phenoxy) is 2. The summed E-state index contributed by atoms with van der Waals surface area (Å²) in [6.45, 7) is 6.25. The van der Waals surface area contributed by atoms with Crippen molar-refractivity contribution in [3.05, 3.63) is 76.7 Å². The van der Waals surface area contributed by atoms with E-state index in [0.29, 0.717) is 17.2 Å². The zero-order valence-electron chi connectivity index (χ0n) is 16.0. The molecule has 27 heavy (non-hydrogen) atoms. The standard InChI is InChI=1S/C22H23NO4/c1-14-5-7-20(25-4)19(12-14)23-22(24)21-8-6-17(27-21)13-26-18-10-15(2)9-16(3)11-18/h5-12H,13H2,1-4H3,(H,23,24). The van der Waals surface area contributed by atoms with Crippen molar-refractivity contribution in [3.63, 3.8) is 0 Å². The van der Waals surface area contributed by atoms with Gasteiger partial charge in [0, 0.05) is 0 Å². The minimum Gasteiger partial charge on any atom is -0.495 e. The first-order chi connectivity index (χ1) is 12.9. The van der Waals surface area contributed by atoms with Crippen molar-refractivity contribution in [2.45, 2.75) is 27.4 Å². The number of hydrogen-bond acceptors (Lipinski definition) is 4. The quantitative estimate of drug-likeness (QED) is 0.664. The normalized spacial score (nSPS) is 10.5. The van der Waals surface area contributed by atoms with Gasteiger partial charge in [-0.2, -0.15) is 0 Å². The highest BCUT2D eigenvalue weighted by atomic mass is 16.5. The van der Waals surface area contributed by atoms with E-state index in [9.17, 15) is 4.79 Å². The van der Waals surface area contributed by atoms with Crippen LogP contribution < -0.4 is 14.8 Å². The smallest absolute Gasteiger partial charge is 0.291 e. The molecular weight excluding hydrogens is 342 g/mol. The van der Waals surface area contributed by atoms with E-state index < -0.39 is 0 Å². The van der Waals surface area contributed by atoms with Gasteiger partial charge in [0.25, 0.3) is 5.91 Å². The SMILES string of the molecule is COc1ccc(C)cc1NC(=O)c1ccc(COc2cc(C)cc(C)c2)o1. The lowest BCUT2D eigenvalue weighted by Crippen LogP contribution is -2.12. The van der Waals surface area contributed by atoms with Gasteiger partial charge in [-0.1, -0.05) is 12.1 Å². The maximum atomic E-state index is 12.5. The molecule has 1 aromatic heterocycles. The van der Waals surface area contributed by atoms with E-state index >= 15 is 0 Å². The lowest BCUT2D eigenvalue weighted by atomic mass is 10.1. The maximum Gasteiger partial charge on any atom is 0.291 e. The van der Waals surface area contributed by atoms with Gasteiger partial charge in [0.05, 0.1) is 12.8 Å². The van der Waals surface area contributed by atoms with Gasteiger partial charge in [0.2, 0.25) is 0 Å². The number of amides is 1. The number of aryl methyl sites for hydroxylation is 3. The van der Waals surface area contributed by atoms with Crippen LogP contribution in [0.15, 0.2) is 52.9 Å². The molecule has 0 aliphatic heterocycles. The summed E-state index contributed by atoms with van der Waals surface area (Å²) in [7, 11) is 1.57. The molecule has 0 fully saturated rings. The molecule has 0 atom stereocenters. The van der Waals surface area contributed by atoms with Gasteiger partial charge in [-0.3, -0.25) is 4.79 Å². The molecule has 0 unspecified atom stereocenters. The summed E-state index contributed by atoms with van der Waals surface area (Å²) in [4.78, 5) is 12.5. The van der Waals surface area contributed by atoms with Crippen molar-refractivity contribution in [1.82, 2.24) is 0 Å². The molecule has 0 saturated carbocycles. The summed E-state index contributed by atoms with van der Waals surface area (Å²) in [6, 6.07) is 15.0. The number of anilines is 1. The van der Waals surface area contributed by atoms with Gasteiger partial charge in [0.1, 0.15) is 23.9 Å². The van der Waals surface area contributed by atoms with Gasteiger partial charge < -0.3 is 19.2 Å². The lowest BCUT2D eigenvalue weighted by molar-refractivity contribution is 0.0992. The number of carbonyl (C=O) groups excluding carboxylic acids is 1. The molecule has 1 N–H and O–H groups in total. The van der Waals surface area contributed by atoms with E-state index in [-0.39, 0.29) is 18.3 Å². The highest BCUT2D eigenvalue weighted by molar-refractivity contribution is 6.03. The predicted molar refractivity (Wildman–Crippen MR) is 105 cm³/mol. The number of furan rings is 1. The molecule has 0 aliphatic rings. The number of methoxy groups -OCH3 is 1. The van der Waals surface area contributed by atoms with Gasteiger partial charge in [-0.05, 0) is 73.9 Å². The van der Waals surface area contributed by atoms with E-state index in [1.54, 1.807) is 19.2 Å². The van der Waals surface area contributed by atoms with Crippen LogP contribution in [0.1, 0.15) is 33.0 Å². The van der Waals surface area contributed by atoms with Crippen LogP contribution in [-0.2, 0) is 6.61 Å². The highest BCUT2D eigenvalue weighted by Gasteiger charge is 2.14. The van der Waals surface area contributed by atoms with E-state index in [1.807, 2.05) is 51.1 Å². The van der Waals surface area contributed by atoms with Crippen molar-refractivity contribution in [1.29, 1.82) is 0 Å². The Labute approximate surface area is 158 Å².